The second-order valence-electron chi connectivity index (χ2n) is 6.85. The van der Waals surface area contributed by atoms with E-state index in [0.29, 0.717) is 6.04 Å². The zero-order valence-electron chi connectivity index (χ0n) is 14.0. The molecule has 1 aliphatic rings. The van der Waals surface area contributed by atoms with Gasteiger partial charge in [-0.05, 0) is 49.1 Å². The van der Waals surface area contributed by atoms with Crippen molar-refractivity contribution < 1.29 is 0 Å². The van der Waals surface area contributed by atoms with Crippen molar-refractivity contribution in [2.75, 3.05) is 11.9 Å². The number of H-pyrrole nitrogens is 1. The van der Waals surface area contributed by atoms with Crippen LogP contribution in [-0.2, 0) is 0 Å². The fourth-order valence-corrected chi connectivity index (χ4v) is 3.91. The Bertz CT molecular complexity index is 810. The van der Waals surface area contributed by atoms with E-state index in [0.717, 1.165) is 0 Å². The van der Waals surface area contributed by atoms with Crippen molar-refractivity contribution in [2.45, 2.75) is 38.6 Å². The molecule has 3 aromatic rings. The molecule has 0 aliphatic heterocycles. The van der Waals surface area contributed by atoms with E-state index in [-0.39, 0.29) is 0 Å². The molecule has 2 aromatic carbocycles. The molecule has 1 aliphatic carbocycles. The fourth-order valence-electron chi connectivity index (χ4n) is 3.91. The molecule has 1 saturated carbocycles. The molecule has 2 nitrogen and oxygen atoms in total. The van der Waals surface area contributed by atoms with Crippen LogP contribution < -0.4 is 4.90 Å². The Labute approximate surface area is 138 Å². The first kappa shape index (κ1) is 14.4. The van der Waals surface area contributed by atoms with Crippen LogP contribution >= 0.6 is 0 Å². The zero-order chi connectivity index (χ0) is 15.8. The Morgan fingerprint density at radius 2 is 1.74 bits per heavy atom. The van der Waals surface area contributed by atoms with E-state index in [1.807, 2.05) is 0 Å². The van der Waals surface area contributed by atoms with Crippen LogP contribution in [0.25, 0.3) is 22.2 Å². The fraction of sp³-hybridized carbons (Fsp3) is 0.333. The van der Waals surface area contributed by atoms with Crippen LogP contribution in [0.5, 0.6) is 0 Å². The molecule has 0 bridgehead atoms. The van der Waals surface area contributed by atoms with Gasteiger partial charge >= 0.3 is 0 Å². The lowest BCUT2D eigenvalue weighted by molar-refractivity contribution is 0.654. The summed E-state index contributed by atoms with van der Waals surface area (Å²) >= 11 is 0. The van der Waals surface area contributed by atoms with Crippen molar-refractivity contribution in [3.8, 4) is 11.3 Å². The molecule has 2 heteroatoms. The largest absolute Gasteiger partial charge is 0.370 e. The average Bonchev–Trinajstić information content (AvgIpc) is 3.23. The third kappa shape index (κ3) is 2.63. The molecule has 0 spiro atoms. The number of nitrogens with zero attached hydrogens (tertiary/aromatic N) is 1. The Kier molecular flexibility index (Phi) is 3.60. The second-order valence-corrected chi connectivity index (χ2v) is 6.85. The predicted molar refractivity (Wildman–Crippen MR) is 99.1 cm³/mol. The first-order chi connectivity index (χ1) is 11.2. The van der Waals surface area contributed by atoms with Gasteiger partial charge in [0.05, 0.1) is 11.2 Å². The Morgan fingerprint density at radius 3 is 2.48 bits per heavy atom. The lowest BCUT2D eigenvalue weighted by atomic mass is 10.1. The molecule has 0 atom stereocenters. The number of benzene rings is 2. The highest BCUT2D eigenvalue weighted by molar-refractivity contribution is 5.96. The molecule has 1 N–H and O–H groups in total. The number of nitrogens with one attached hydrogen (secondary N) is 1. The molecule has 1 fully saturated rings. The third-order valence-electron chi connectivity index (χ3n) is 5.19. The molecule has 1 heterocycles. The van der Waals surface area contributed by atoms with Crippen molar-refractivity contribution >= 4 is 16.6 Å². The number of hydrogen-bond donors (Lipinski definition) is 1. The maximum Gasteiger partial charge on any atom is 0.0696 e. The summed E-state index contributed by atoms with van der Waals surface area (Å²) < 4.78 is 0. The highest BCUT2D eigenvalue weighted by Gasteiger charge is 2.22. The summed E-state index contributed by atoms with van der Waals surface area (Å²) in [6.45, 7) is 2.20. The number of hydrogen-bond acceptors (Lipinski definition) is 1. The van der Waals surface area contributed by atoms with Crippen LogP contribution in [0.2, 0.25) is 0 Å². The summed E-state index contributed by atoms with van der Waals surface area (Å²) in [6.07, 6.45) is 5.37. The van der Waals surface area contributed by atoms with E-state index in [1.54, 1.807) is 0 Å². The van der Waals surface area contributed by atoms with E-state index < -0.39 is 0 Å². The summed E-state index contributed by atoms with van der Waals surface area (Å²) in [4.78, 5) is 6.16. The number of aryl methyl sites for hydroxylation is 1. The standard InChI is InChI=1S/C21H24N2/c1-15-12-17-14-19(16-8-4-3-5-9-16)22-21(17)20(13-15)23(2)18-10-6-7-11-18/h3-5,8-9,12-14,18,22H,6-7,10-11H2,1-2H3. The minimum Gasteiger partial charge on any atom is -0.370 e. The Morgan fingerprint density at radius 1 is 1.00 bits per heavy atom. The quantitative estimate of drug-likeness (QED) is 0.675. The summed E-state index contributed by atoms with van der Waals surface area (Å²) in [6, 6.07) is 18.2. The van der Waals surface area contributed by atoms with Gasteiger partial charge in [-0.25, -0.2) is 0 Å². The molecular formula is C21H24N2. The minimum absolute atomic E-state index is 0.684. The zero-order valence-corrected chi connectivity index (χ0v) is 14.0. The van der Waals surface area contributed by atoms with Gasteiger partial charge < -0.3 is 9.88 Å². The van der Waals surface area contributed by atoms with Gasteiger partial charge in [0, 0.05) is 24.2 Å². The van der Waals surface area contributed by atoms with Crippen molar-refractivity contribution in [1.29, 1.82) is 0 Å². The third-order valence-corrected chi connectivity index (χ3v) is 5.19. The number of aromatic nitrogens is 1. The van der Waals surface area contributed by atoms with Crippen molar-refractivity contribution in [3.63, 3.8) is 0 Å². The van der Waals surface area contributed by atoms with Crippen LogP contribution in [-0.4, -0.2) is 18.1 Å². The molecular weight excluding hydrogens is 280 g/mol. The number of anilines is 1. The van der Waals surface area contributed by atoms with Gasteiger partial charge in [0.2, 0.25) is 0 Å². The van der Waals surface area contributed by atoms with Crippen molar-refractivity contribution in [2.24, 2.45) is 0 Å². The monoisotopic (exact) mass is 304 g/mol. The van der Waals surface area contributed by atoms with Gasteiger partial charge in [0.1, 0.15) is 0 Å². The minimum atomic E-state index is 0.684. The first-order valence-electron chi connectivity index (χ1n) is 8.64. The number of fused-ring (bicyclic) bond motifs is 1. The van der Waals surface area contributed by atoms with Crippen molar-refractivity contribution in [1.82, 2.24) is 4.98 Å². The van der Waals surface area contributed by atoms with Crippen LogP contribution in [0.4, 0.5) is 5.69 Å². The SMILES string of the molecule is Cc1cc(N(C)C2CCCC2)c2[nH]c(-c3ccccc3)cc2c1. The molecule has 0 saturated heterocycles. The highest BCUT2D eigenvalue weighted by atomic mass is 15.1. The Balaban J connectivity index is 1.82. The molecule has 0 unspecified atom stereocenters. The maximum absolute atomic E-state index is 3.67. The van der Waals surface area contributed by atoms with Gasteiger partial charge in [-0.1, -0.05) is 43.2 Å². The summed E-state index contributed by atoms with van der Waals surface area (Å²) in [5.41, 5.74) is 6.39. The summed E-state index contributed by atoms with van der Waals surface area (Å²) in [7, 11) is 2.26. The average molecular weight is 304 g/mol. The van der Waals surface area contributed by atoms with E-state index in [1.165, 1.54) is 59.1 Å². The van der Waals surface area contributed by atoms with Gasteiger partial charge in [0.25, 0.3) is 0 Å². The van der Waals surface area contributed by atoms with Gasteiger partial charge in [-0.15, -0.1) is 0 Å². The van der Waals surface area contributed by atoms with Crippen molar-refractivity contribution in [3.05, 3.63) is 54.1 Å². The molecule has 1 aromatic heterocycles. The normalized spacial score (nSPS) is 15.4. The smallest absolute Gasteiger partial charge is 0.0696 e. The van der Waals surface area contributed by atoms with E-state index in [4.69, 9.17) is 0 Å². The number of aromatic amines is 1. The van der Waals surface area contributed by atoms with Gasteiger partial charge in [-0.3, -0.25) is 0 Å². The molecule has 23 heavy (non-hydrogen) atoms. The van der Waals surface area contributed by atoms with E-state index in [9.17, 15) is 0 Å². The maximum atomic E-state index is 3.67. The van der Waals surface area contributed by atoms with E-state index >= 15 is 0 Å². The van der Waals surface area contributed by atoms with Gasteiger partial charge in [0.15, 0.2) is 0 Å². The van der Waals surface area contributed by atoms with Crippen LogP contribution in [0.3, 0.4) is 0 Å². The topological polar surface area (TPSA) is 19.0 Å². The lowest BCUT2D eigenvalue weighted by Gasteiger charge is -2.27. The van der Waals surface area contributed by atoms with Crippen LogP contribution in [0, 0.1) is 6.92 Å². The second kappa shape index (κ2) is 5.77. The highest BCUT2D eigenvalue weighted by Crippen LogP contribution is 2.35. The predicted octanol–water partition coefficient (Wildman–Crippen LogP) is 5.52. The molecule has 118 valence electrons. The van der Waals surface area contributed by atoms with E-state index in [2.05, 4.69) is 72.4 Å². The summed E-state index contributed by atoms with van der Waals surface area (Å²) in [5, 5.41) is 1.31. The molecule has 0 radical (unpaired) electrons. The lowest BCUT2D eigenvalue weighted by Crippen LogP contribution is -2.29. The number of rotatable bonds is 3. The molecule has 0 amide bonds. The van der Waals surface area contributed by atoms with Gasteiger partial charge in [-0.2, -0.15) is 0 Å². The Hall–Kier alpha value is -2.22. The van der Waals surface area contributed by atoms with Crippen LogP contribution in [0.15, 0.2) is 48.5 Å². The first-order valence-corrected chi connectivity index (χ1v) is 8.64. The molecule has 4 rings (SSSR count). The van der Waals surface area contributed by atoms with Crippen LogP contribution in [0.1, 0.15) is 31.2 Å². The summed E-state index contributed by atoms with van der Waals surface area (Å²) in [5.74, 6) is 0.